The Kier molecular flexibility index (Phi) is 14.4. The van der Waals surface area contributed by atoms with E-state index < -0.39 is 0 Å². The second kappa shape index (κ2) is 16.4. The summed E-state index contributed by atoms with van der Waals surface area (Å²) in [6.07, 6.45) is 11.2. The monoisotopic (exact) mass is 400 g/mol. The Morgan fingerprint density at radius 3 is 1.43 bits per heavy atom. The molecular weight excluding hydrogens is 360 g/mol. The largest absolute Gasteiger partial charge is 0.396 e. The van der Waals surface area contributed by atoms with Crippen LogP contribution in [0.5, 0.6) is 0 Å². The van der Waals surface area contributed by atoms with Gasteiger partial charge < -0.3 is 31.5 Å². The van der Waals surface area contributed by atoms with Crippen LogP contribution < -0.4 is 21.3 Å². The molecule has 8 heteroatoms. The van der Waals surface area contributed by atoms with E-state index in [1.165, 1.54) is 0 Å². The fraction of sp³-hybridized carbons (Fsp3) is 0.900. The highest BCUT2D eigenvalue weighted by Crippen LogP contribution is 2.18. The minimum Gasteiger partial charge on any atom is -0.396 e. The van der Waals surface area contributed by atoms with Crippen molar-refractivity contribution in [1.82, 2.24) is 21.3 Å². The number of unbranched alkanes of at least 4 members (excludes halogenated alkanes) is 6. The number of urea groups is 2. The lowest BCUT2D eigenvalue weighted by Crippen LogP contribution is -2.56. The summed E-state index contributed by atoms with van der Waals surface area (Å²) in [4.78, 5) is 24.2. The van der Waals surface area contributed by atoms with Crippen LogP contribution in [0.25, 0.3) is 0 Å². The Labute approximate surface area is 169 Å². The summed E-state index contributed by atoms with van der Waals surface area (Å²) in [6, 6.07) is -0.438. The first-order valence-corrected chi connectivity index (χ1v) is 11.0. The number of aliphatic hydroxyl groups excluding tert-OH is 2. The smallest absolute Gasteiger partial charge is 0.315 e. The molecule has 0 bridgehead atoms. The van der Waals surface area contributed by atoms with E-state index in [2.05, 4.69) is 21.3 Å². The third-order valence-electron chi connectivity index (χ3n) is 5.14. The van der Waals surface area contributed by atoms with Crippen LogP contribution in [0.4, 0.5) is 9.59 Å². The number of hydrogen-bond donors (Lipinski definition) is 6. The lowest BCUT2D eigenvalue weighted by atomic mass is 9.90. The van der Waals surface area contributed by atoms with Crippen molar-refractivity contribution in [3.63, 3.8) is 0 Å². The predicted molar refractivity (Wildman–Crippen MR) is 110 cm³/mol. The van der Waals surface area contributed by atoms with Crippen molar-refractivity contribution in [3.05, 3.63) is 0 Å². The van der Waals surface area contributed by atoms with E-state index in [4.69, 9.17) is 10.2 Å². The molecule has 8 nitrogen and oxygen atoms in total. The number of aliphatic hydroxyl groups is 2. The summed E-state index contributed by atoms with van der Waals surface area (Å²) in [5.41, 5.74) is 0. The normalized spacial score (nSPS) is 19.1. The number of amides is 4. The molecule has 1 fully saturated rings. The van der Waals surface area contributed by atoms with Gasteiger partial charge in [-0.3, -0.25) is 0 Å². The van der Waals surface area contributed by atoms with Crippen LogP contribution in [0.2, 0.25) is 0 Å². The Hall–Kier alpha value is -1.54. The van der Waals surface area contributed by atoms with Crippen LogP contribution in [0.15, 0.2) is 0 Å². The first-order chi connectivity index (χ1) is 13.7. The third kappa shape index (κ3) is 12.0. The van der Waals surface area contributed by atoms with Crippen molar-refractivity contribution < 1.29 is 19.8 Å². The minimum absolute atomic E-state index is 0.0431. The molecule has 0 aliphatic heterocycles. The van der Waals surface area contributed by atoms with E-state index in [9.17, 15) is 9.59 Å². The zero-order valence-electron chi connectivity index (χ0n) is 17.2. The zero-order valence-corrected chi connectivity index (χ0v) is 17.2. The maximum atomic E-state index is 12.1. The number of nitrogens with one attached hydrogen (secondary N) is 4. The molecule has 0 unspecified atom stereocenters. The number of carbonyl (C=O) groups excluding carboxylic acids is 2. The van der Waals surface area contributed by atoms with Gasteiger partial charge in [-0.2, -0.15) is 0 Å². The minimum atomic E-state index is -0.176. The third-order valence-corrected chi connectivity index (χ3v) is 5.14. The molecule has 0 saturated heterocycles. The van der Waals surface area contributed by atoms with Gasteiger partial charge in [-0.15, -0.1) is 0 Å². The Balaban J connectivity index is 2.21. The highest BCUT2D eigenvalue weighted by molar-refractivity contribution is 5.75. The Bertz CT molecular complexity index is 385. The summed E-state index contributed by atoms with van der Waals surface area (Å²) in [7, 11) is 0. The van der Waals surface area contributed by atoms with Crippen LogP contribution in [0, 0.1) is 0 Å². The van der Waals surface area contributed by atoms with Gasteiger partial charge in [-0.25, -0.2) is 9.59 Å². The summed E-state index contributed by atoms with van der Waals surface area (Å²) in [5.74, 6) is 0. The maximum Gasteiger partial charge on any atom is 0.315 e. The SMILES string of the molecule is O=C(NCCCCCCO)N[C@@H]1CCCC[C@H]1NC(=O)NCCCCCCO. The van der Waals surface area contributed by atoms with Crippen LogP contribution in [0.1, 0.15) is 77.0 Å². The average Bonchev–Trinajstić information content (AvgIpc) is 2.69. The van der Waals surface area contributed by atoms with Gasteiger partial charge >= 0.3 is 12.1 Å². The van der Waals surface area contributed by atoms with Gasteiger partial charge in [0.15, 0.2) is 0 Å². The molecule has 0 aromatic rings. The summed E-state index contributed by atoms with van der Waals surface area (Å²) in [6.45, 7) is 1.69. The van der Waals surface area contributed by atoms with Crippen LogP contribution >= 0.6 is 0 Å². The molecule has 1 aliphatic carbocycles. The van der Waals surface area contributed by atoms with E-state index in [1.54, 1.807) is 0 Å². The fourth-order valence-corrected chi connectivity index (χ4v) is 3.50. The number of rotatable bonds is 14. The molecule has 4 amide bonds. The molecular formula is C20H40N4O4. The Morgan fingerprint density at radius 2 is 1.04 bits per heavy atom. The standard InChI is InChI=1S/C20H40N4O4/c25-15-9-3-1-7-13-21-19(27)23-17-11-5-6-12-18(17)24-20(28)22-14-8-2-4-10-16-26/h17-18,25-26H,1-16H2,(H2,21,23,27)(H2,22,24,28)/t17-,18-/m1/s1. The quantitative estimate of drug-likeness (QED) is 0.250. The summed E-state index contributed by atoms with van der Waals surface area (Å²) < 4.78 is 0. The van der Waals surface area contributed by atoms with Gasteiger partial charge in [0.25, 0.3) is 0 Å². The van der Waals surface area contributed by atoms with Crippen molar-refractivity contribution in [2.45, 2.75) is 89.1 Å². The number of hydrogen-bond acceptors (Lipinski definition) is 4. The van der Waals surface area contributed by atoms with Gasteiger partial charge in [-0.05, 0) is 38.5 Å². The first kappa shape index (κ1) is 24.5. The van der Waals surface area contributed by atoms with Crippen molar-refractivity contribution in [2.75, 3.05) is 26.3 Å². The zero-order chi connectivity index (χ0) is 20.5. The van der Waals surface area contributed by atoms with E-state index in [1.807, 2.05) is 0 Å². The van der Waals surface area contributed by atoms with E-state index >= 15 is 0 Å². The molecule has 6 N–H and O–H groups in total. The van der Waals surface area contributed by atoms with Crippen molar-refractivity contribution in [2.24, 2.45) is 0 Å². The second-order valence-corrected chi connectivity index (χ2v) is 7.57. The van der Waals surface area contributed by atoms with E-state index in [0.29, 0.717) is 13.1 Å². The molecule has 0 radical (unpaired) electrons. The lowest BCUT2D eigenvalue weighted by molar-refractivity contribution is 0.213. The summed E-state index contributed by atoms with van der Waals surface area (Å²) in [5, 5.41) is 29.3. The highest BCUT2D eigenvalue weighted by Gasteiger charge is 2.27. The Morgan fingerprint density at radius 1 is 0.643 bits per heavy atom. The predicted octanol–water partition coefficient (Wildman–Crippen LogP) is 2.00. The molecule has 1 saturated carbocycles. The van der Waals surface area contributed by atoms with Gasteiger partial charge in [0, 0.05) is 26.3 Å². The molecule has 164 valence electrons. The first-order valence-electron chi connectivity index (χ1n) is 11.0. The van der Waals surface area contributed by atoms with E-state index in [-0.39, 0.29) is 37.4 Å². The van der Waals surface area contributed by atoms with Gasteiger partial charge in [0.05, 0.1) is 12.1 Å². The maximum absolute atomic E-state index is 12.1. The molecule has 1 rings (SSSR count). The molecule has 2 atom stereocenters. The molecule has 0 aromatic heterocycles. The van der Waals surface area contributed by atoms with Crippen molar-refractivity contribution in [1.29, 1.82) is 0 Å². The number of carbonyl (C=O) groups is 2. The van der Waals surface area contributed by atoms with Gasteiger partial charge in [-0.1, -0.05) is 38.5 Å². The summed E-state index contributed by atoms with van der Waals surface area (Å²) >= 11 is 0. The molecule has 0 spiro atoms. The fourth-order valence-electron chi connectivity index (χ4n) is 3.50. The molecule has 0 heterocycles. The highest BCUT2D eigenvalue weighted by atomic mass is 16.3. The van der Waals surface area contributed by atoms with Crippen molar-refractivity contribution in [3.8, 4) is 0 Å². The van der Waals surface area contributed by atoms with Crippen LogP contribution in [0.3, 0.4) is 0 Å². The van der Waals surface area contributed by atoms with Crippen LogP contribution in [-0.2, 0) is 0 Å². The lowest BCUT2D eigenvalue weighted by Gasteiger charge is -2.32. The van der Waals surface area contributed by atoms with Crippen LogP contribution in [-0.4, -0.2) is 60.7 Å². The van der Waals surface area contributed by atoms with E-state index in [0.717, 1.165) is 77.0 Å². The van der Waals surface area contributed by atoms with Crippen molar-refractivity contribution >= 4 is 12.1 Å². The van der Waals surface area contributed by atoms with Gasteiger partial charge in [0.2, 0.25) is 0 Å². The second-order valence-electron chi connectivity index (χ2n) is 7.57. The average molecular weight is 401 g/mol. The molecule has 0 aromatic carbocycles. The molecule has 28 heavy (non-hydrogen) atoms. The topological polar surface area (TPSA) is 123 Å². The molecule has 1 aliphatic rings. The van der Waals surface area contributed by atoms with Gasteiger partial charge in [0.1, 0.15) is 0 Å².